The van der Waals surface area contributed by atoms with Crippen LogP contribution in [0, 0.1) is 12.8 Å². The fourth-order valence-electron chi connectivity index (χ4n) is 3.84. The predicted octanol–water partition coefficient (Wildman–Crippen LogP) is 2.24. The van der Waals surface area contributed by atoms with E-state index in [-0.39, 0.29) is 42.5 Å². The quantitative estimate of drug-likeness (QED) is 0.366. The topological polar surface area (TPSA) is 87.4 Å². The molecular weight excluding hydrogens is 469 g/mol. The van der Waals surface area contributed by atoms with Gasteiger partial charge in [-0.3, -0.25) is 4.79 Å². The Balaban J connectivity index is 0.00000280. The van der Waals surface area contributed by atoms with E-state index in [1.54, 1.807) is 19.0 Å². The molecule has 8 nitrogen and oxygen atoms in total. The molecule has 0 aromatic carbocycles. The lowest BCUT2D eigenvalue weighted by atomic mass is 9.89. The van der Waals surface area contributed by atoms with Crippen molar-refractivity contribution in [3.63, 3.8) is 0 Å². The third-order valence-electron chi connectivity index (χ3n) is 5.45. The van der Waals surface area contributed by atoms with Crippen molar-refractivity contribution in [2.75, 3.05) is 27.2 Å². The molecule has 1 unspecified atom stereocenters. The molecule has 158 valence electrons. The third-order valence-corrected chi connectivity index (χ3v) is 5.45. The van der Waals surface area contributed by atoms with E-state index in [1.165, 1.54) is 32.1 Å². The zero-order chi connectivity index (χ0) is 19.2. The fourth-order valence-corrected chi connectivity index (χ4v) is 3.84. The van der Waals surface area contributed by atoms with E-state index in [9.17, 15) is 4.79 Å². The number of likely N-dealkylation sites (N-methyl/N-ethyl adjacent to an activating group) is 1. The molecular formula is C19H34IN7O. The average Bonchev–Trinajstić information content (AvgIpc) is 3.05. The number of carbonyl (C=O) groups is 1. The highest BCUT2D eigenvalue weighted by molar-refractivity contribution is 14.0. The normalized spacial score (nSPS) is 20.1. The first-order valence-electron chi connectivity index (χ1n) is 10.2. The van der Waals surface area contributed by atoms with Crippen LogP contribution in [-0.4, -0.2) is 58.7 Å². The largest absolute Gasteiger partial charge is 0.356 e. The van der Waals surface area contributed by atoms with Crippen LogP contribution in [0.4, 0.5) is 0 Å². The molecule has 9 heteroatoms. The van der Waals surface area contributed by atoms with Crippen LogP contribution in [0.5, 0.6) is 0 Å². The predicted molar refractivity (Wildman–Crippen MR) is 121 cm³/mol. The summed E-state index contributed by atoms with van der Waals surface area (Å²) in [5, 5.41) is 11.5. The highest BCUT2D eigenvalue weighted by atomic mass is 127. The van der Waals surface area contributed by atoms with Gasteiger partial charge in [-0.05, 0) is 38.5 Å². The Bertz CT molecular complexity index is 667. The Kier molecular flexibility index (Phi) is 8.97. The number of hydrogen-bond donors (Lipinski definition) is 2. The second-order valence-corrected chi connectivity index (χ2v) is 7.92. The standard InChI is InChI=1S/C19H33N7O.HI/c1-14-22-18-16(10-7-11-26(18)24-14)23-19(21-13-17(27)25(2)3)20-12-15-8-5-4-6-9-15;/h15-16H,4-13H2,1-3H3,(H2,20,21,23);1H. The van der Waals surface area contributed by atoms with Crippen molar-refractivity contribution in [2.45, 2.75) is 64.5 Å². The highest BCUT2D eigenvalue weighted by Gasteiger charge is 2.25. The Morgan fingerprint density at radius 1 is 1.21 bits per heavy atom. The summed E-state index contributed by atoms with van der Waals surface area (Å²) in [5.74, 6) is 3.15. The van der Waals surface area contributed by atoms with E-state index in [2.05, 4.69) is 25.7 Å². The van der Waals surface area contributed by atoms with Crippen molar-refractivity contribution in [1.29, 1.82) is 0 Å². The molecule has 2 N–H and O–H groups in total. The van der Waals surface area contributed by atoms with Gasteiger partial charge >= 0.3 is 0 Å². The van der Waals surface area contributed by atoms with E-state index < -0.39 is 0 Å². The summed E-state index contributed by atoms with van der Waals surface area (Å²) in [5.41, 5.74) is 0. The molecule has 0 saturated heterocycles. The minimum absolute atomic E-state index is 0. The van der Waals surface area contributed by atoms with Gasteiger partial charge in [0.15, 0.2) is 5.96 Å². The lowest BCUT2D eigenvalue weighted by Crippen LogP contribution is -2.44. The van der Waals surface area contributed by atoms with Crippen molar-refractivity contribution in [3.8, 4) is 0 Å². The molecule has 0 spiro atoms. The molecule has 1 aromatic heterocycles. The Morgan fingerprint density at radius 2 is 1.96 bits per heavy atom. The molecule has 1 amide bonds. The number of aliphatic imine (C=N–C) groups is 1. The first kappa shape index (κ1) is 22.9. The highest BCUT2D eigenvalue weighted by Crippen LogP contribution is 2.24. The van der Waals surface area contributed by atoms with E-state index in [0.29, 0.717) is 11.9 Å². The van der Waals surface area contributed by atoms with E-state index >= 15 is 0 Å². The van der Waals surface area contributed by atoms with Gasteiger partial charge < -0.3 is 15.5 Å². The molecule has 1 aromatic rings. The van der Waals surface area contributed by atoms with Gasteiger partial charge in [0.2, 0.25) is 5.91 Å². The molecule has 0 radical (unpaired) electrons. The van der Waals surface area contributed by atoms with Crippen LogP contribution >= 0.6 is 24.0 Å². The average molecular weight is 503 g/mol. The van der Waals surface area contributed by atoms with Gasteiger partial charge in [0.25, 0.3) is 0 Å². The molecule has 1 aliphatic heterocycles. The van der Waals surface area contributed by atoms with Crippen LogP contribution in [-0.2, 0) is 11.3 Å². The van der Waals surface area contributed by atoms with Gasteiger partial charge in [0, 0.05) is 27.2 Å². The molecule has 1 fully saturated rings. The molecule has 1 saturated carbocycles. The van der Waals surface area contributed by atoms with Crippen molar-refractivity contribution < 1.29 is 4.79 Å². The van der Waals surface area contributed by atoms with Gasteiger partial charge in [-0.25, -0.2) is 14.7 Å². The number of aromatic nitrogens is 3. The van der Waals surface area contributed by atoms with Crippen LogP contribution in [0.25, 0.3) is 0 Å². The molecule has 2 aliphatic rings. The number of aryl methyl sites for hydroxylation is 2. The van der Waals surface area contributed by atoms with Crippen molar-refractivity contribution >= 4 is 35.8 Å². The number of carbonyl (C=O) groups excluding carboxylic acids is 1. The fraction of sp³-hybridized carbons (Fsp3) is 0.789. The lowest BCUT2D eigenvalue weighted by molar-refractivity contribution is -0.127. The van der Waals surface area contributed by atoms with Gasteiger partial charge in [-0.1, -0.05) is 19.3 Å². The zero-order valence-electron chi connectivity index (χ0n) is 17.3. The minimum Gasteiger partial charge on any atom is -0.356 e. The minimum atomic E-state index is -0.00331. The number of guanidine groups is 1. The van der Waals surface area contributed by atoms with Crippen molar-refractivity contribution in [1.82, 2.24) is 30.3 Å². The van der Waals surface area contributed by atoms with Gasteiger partial charge in [0.1, 0.15) is 18.2 Å². The maximum absolute atomic E-state index is 12.0. The molecule has 1 atom stereocenters. The monoisotopic (exact) mass is 503 g/mol. The summed E-state index contributed by atoms with van der Waals surface area (Å²) in [7, 11) is 3.51. The molecule has 3 rings (SSSR count). The maximum atomic E-state index is 12.0. The summed E-state index contributed by atoms with van der Waals surface area (Å²) in [6, 6.07) is 0.0759. The summed E-state index contributed by atoms with van der Waals surface area (Å²) in [4.78, 5) is 22.7. The zero-order valence-corrected chi connectivity index (χ0v) is 19.6. The molecule has 1 aliphatic carbocycles. The summed E-state index contributed by atoms with van der Waals surface area (Å²) >= 11 is 0. The van der Waals surface area contributed by atoms with Crippen LogP contribution < -0.4 is 10.6 Å². The van der Waals surface area contributed by atoms with E-state index in [4.69, 9.17) is 0 Å². The Hall–Kier alpha value is -1.39. The first-order chi connectivity index (χ1) is 13.0. The maximum Gasteiger partial charge on any atom is 0.243 e. The summed E-state index contributed by atoms with van der Waals surface area (Å²) in [6.45, 7) is 3.88. The Morgan fingerprint density at radius 3 is 2.68 bits per heavy atom. The van der Waals surface area contributed by atoms with Gasteiger partial charge in [-0.2, -0.15) is 5.10 Å². The van der Waals surface area contributed by atoms with Crippen LogP contribution in [0.3, 0.4) is 0 Å². The lowest BCUT2D eigenvalue weighted by Gasteiger charge is -2.27. The van der Waals surface area contributed by atoms with Crippen molar-refractivity contribution in [2.24, 2.45) is 10.9 Å². The number of nitrogens with one attached hydrogen (secondary N) is 2. The number of fused-ring (bicyclic) bond motifs is 1. The number of halogens is 1. The van der Waals surface area contributed by atoms with Crippen LogP contribution in [0.1, 0.15) is 62.6 Å². The van der Waals surface area contributed by atoms with Crippen LogP contribution in [0.15, 0.2) is 4.99 Å². The third kappa shape index (κ3) is 6.31. The smallest absolute Gasteiger partial charge is 0.243 e. The van der Waals surface area contributed by atoms with Gasteiger partial charge in [-0.15, -0.1) is 24.0 Å². The molecule has 2 heterocycles. The molecule has 28 heavy (non-hydrogen) atoms. The van der Waals surface area contributed by atoms with Crippen molar-refractivity contribution in [3.05, 3.63) is 11.6 Å². The number of amides is 1. The summed E-state index contributed by atoms with van der Waals surface area (Å²) < 4.78 is 1.99. The number of nitrogens with zero attached hydrogens (tertiary/aromatic N) is 5. The molecule has 0 bridgehead atoms. The second kappa shape index (κ2) is 11.0. The SMILES string of the molecule is Cc1nc2n(n1)CCCC2NC(=NCC(=O)N(C)C)NCC1CCCCC1.I. The van der Waals surface area contributed by atoms with Crippen LogP contribution in [0.2, 0.25) is 0 Å². The number of rotatable bonds is 5. The Labute approximate surface area is 185 Å². The first-order valence-corrected chi connectivity index (χ1v) is 10.2. The van der Waals surface area contributed by atoms with Gasteiger partial charge in [0.05, 0.1) is 6.04 Å². The summed E-state index contributed by atoms with van der Waals surface area (Å²) in [6.07, 6.45) is 8.57. The number of hydrogen-bond acceptors (Lipinski definition) is 4. The van der Waals surface area contributed by atoms with E-state index in [1.807, 2.05) is 11.6 Å². The van der Waals surface area contributed by atoms with E-state index in [0.717, 1.165) is 37.6 Å². The second-order valence-electron chi connectivity index (χ2n) is 7.92.